The summed E-state index contributed by atoms with van der Waals surface area (Å²) < 4.78 is 11.9. The van der Waals surface area contributed by atoms with E-state index < -0.39 is 12.8 Å². The first-order valence-electron chi connectivity index (χ1n) is 10.9. The van der Waals surface area contributed by atoms with Gasteiger partial charge in [-0.2, -0.15) is 0 Å². The number of hydrogen-bond acceptors (Lipinski definition) is 1. The molecule has 0 aliphatic heterocycles. The molecule has 0 aliphatic rings. The fourth-order valence-electron chi connectivity index (χ4n) is 3.65. The molecule has 1 aromatic carbocycles. The molecule has 4 heteroatoms. The van der Waals surface area contributed by atoms with Gasteiger partial charge in [0.2, 0.25) is 0 Å². The summed E-state index contributed by atoms with van der Waals surface area (Å²) in [4.78, 5) is 19.4. The second kappa shape index (κ2) is 12.8. The lowest BCUT2D eigenvalue weighted by Gasteiger charge is -2.28. The van der Waals surface area contributed by atoms with Gasteiger partial charge in [-0.1, -0.05) is 102 Å². The van der Waals surface area contributed by atoms with Gasteiger partial charge in [-0.15, -0.1) is 0 Å². The van der Waals surface area contributed by atoms with Gasteiger partial charge in [0.1, 0.15) is 0 Å². The van der Waals surface area contributed by atoms with Crippen molar-refractivity contribution in [3.63, 3.8) is 0 Å². The van der Waals surface area contributed by atoms with Gasteiger partial charge in [-0.25, -0.2) is 0 Å². The van der Waals surface area contributed by atoms with Crippen LogP contribution in [0.1, 0.15) is 109 Å². The standard InChI is InChI=1S/C23H41O3P/c1-4-5-6-7-8-9-10-11-12-13-14-15-18-21-19-16-17-20-22(21)23(2,3)27(24,25)26/h16-17,19-20H,4-15,18H2,1-3H3,(H2,24,25,26). The molecular formula is C23H41O3P. The highest BCUT2D eigenvalue weighted by molar-refractivity contribution is 7.53. The van der Waals surface area contributed by atoms with Crippen molar-refractivity contribution >= 4 is 7.60 Å². The van der Waals surface area contributed by atoms with E-state index in [2.05, 4.69) is 6.92 Å². The summed E-state index contributed by atoms with van der Waals surface area (Å²) in [6.45, 7) is 5.56. The molecule has 2 N–H and O–H groups in total. The smallest absolute Gasteiger partial charge is 0.324 e. The highest BCUT2D eigenvalue weighted by Crippen LogP contribution is 2.57. The summed E-state index contributed by atoms with van der Waals surface area (Å²) in [5.41, 5.74) is 1.87. The van der Waals surface area contributed by atoms with Crippen molar-refractivity contribution in [1.82, 2.24) is 0 Å². The van der Waals surface area contributed by atoms with Crippen molar-refractivity contribution in [2.75, 3.05) is 0 Å². The summed E-state index contributed by atoms with van der Waals surface area (Å²) in [5.74, 6) is 0. The van der Waals surface area contributed by atoms with Crippen LogP contribution in [0, 0.1) is 0 Å². The lowest BCUT2D eigenvalue weighted by atomic mass is 9.93. The van der Waals surface area contributed by atoms with Gasteiger partial charge in [-0.05, 0) is 37.8 Å². The molecule has 1 aromatic rings. The van der Waals surface area contributed by atoms with Crippen molar-refractivity contribution in [2.24, 2.45) is 0 Å². The second-order valence-electron chi connectivity index (χ2n) is 8.40. The van der Waals surface area contributed by atoms with Crippen LogP contribution >= 0.6 is 7.60 Å². The lowest BCUT2D eigenvalue weighted by molar-refractivity contribution is 0.337. The largest absolute Gasteiger partial charge is 0.335 e. The molecule has 0 heterocycles. The van der Waals surface area contributed by atoms with Crippen molar-refractivity contribution in [3.05, 3.63) is 35.4 Å². The predicted octanol–water partition coefficient (Wildman–Crippen LogP) is 7.34. The van der Waals surface area contributed by atoms with Gasteiger partial charge < -0.3 is 9.79 Å². The zero-order valence-electron chi connectivity index (χ0n) is 17.8. The highest BCUT2D eigenvalue weighted by atomic mass is 31.2. The third-order valence-corrected chi connectivity index (χ3v) is 7.40. The van der Waals surface area contributed by atoms with E-state index in [1.54, 1.807) is 13.8 Å². The monoisotopic (exact) mass is 396 g/mol. The number of hydrogen-bond donors (Lipinski definition) is 2. The second-order valence-corrected chi connectivity index (χ2v) is 10.6. The van der Waals surface area contributed by atoms with E-state index in [0.717, 1.165) is 24.0 Å². The third-order valence-electron chi connectivity index (χ3n) is 5.70. The Kier molecular flexibility index (Phi) is 11.5. The zero-order valence-corrected chi connectivity index (χ0v) is 18.6. The van der Waals surface area contributed by atoms with E-state index in [4.69, 9.17) is 0 Å². The predicted molar refractivity (Wildman–Crippen MR) is 116 cm³/mol. The van der Waals surface area contributed by atoms with Crippen LogP contribution in [0.15, 0.2) is 24.3 Å². The number of unbranched alkanes of at least 4 members (excludes halogenated alkanes) is 11. The molecule has 1 rings (SSSR count). The van der Waals surface area contributed by atoms with E-state index in [0.29, 0.717) is 0 Å². The first-order chi connectivity index (χ1) is 12.8. The quantitative estimate of drug-likeness (QED) is 0.241. The van der Waals surface area contributed by atoms with E-state index in [9.17, 15) is 14.4 Å². The van der Waals surface area contributed by atoms with Gasteiger partial charge in [0, 0.05) is 0 Å². The topological polar surface area (TPSA) is 57.5 Å². The Balaban J connectivity index is 2.24. The molecule has 0 bridgehead atoms. The fraction of sp³-hybridized carbons (Fsp3) is 0.739. The lowest BCUT2D eigenvalue weighted by Crippen LogP contribution is -2.19. The van der Waals surface area contributed by atoms with Crippen LogP contribution in [0.2, 0.25) is 0 Å². The van der Waals surface area contributed by atoms with Crippen LogP contribution in [0.5, 0.6) is 0 Å². The third kappa shape index (κ3) is 8.94. The number of benzene rings is 1. The zero-order chi connectivity index (χ0) is 20.2. The molecule has 156 valence electrons. The van der Waals surface area contributed by atoms with Crippen LogP contribution in [-0.2, 0) is 16.1 Å². The van der Waals surface area contributed by atoms with E-state index in [1.807, 2.05) is 24.3 Å². The van der Waals surface area contributed by atoms with Crippen molar-refractivity contribution in [3.8, 4) is 0 Å². The summed E-state index contributed by atoms with van der Waals surface area (Å²) in [6.07, 6.45) is 16.8. The SMILES string of the molecule is CCCCCCCCCCCCCCc1ccccc1C(C)(C)P(=O)(O)O. The van der Waals surface area contributed by atoms with Gasteiger partial charge >= 0.3 is 7.60 Å². The minimum absolute atomic E-state index is 0.793. The Morgan fingerprint density at radius 1 is 0.778 bits per heavy atom. The van der Waals surface area contributed by atoms with E-state index in [-0.39, 0.29) is 0 Å². The molecule has 0 fully saturated rings. The molecule has 0 radical (unpaired) electrons. The fourth-order valence-corrected chi connectivity index (χ4v) is 4.18. The minimum Gasteiger partial charge on any atom is -0.324 e. The summed E-state index contributed by atoms with van der Waals surface area (Å²) >= 11 is 0. The van der Waals surface area contributed by atoms with Gasteiger partial charge in [0.05, 0.1) is 5.16 Å². The minimum atomic E-state index is -4.19. The van der Waals surface area contributed by atoms with E-state index >= 15 is 0 Å². The highest BCUT2D eigenvalue weighted by Gasteiger charge is 2.40. The first kappa shape index (κ1) is 24.4. The Morgan fingerprint density at radius 3 is 1.70 bits per heavy atom. The van der Waals surface area contributed by atoms with E-state index in [1.165, 1.54) is 70.6 Å². The average molecular weight is 397 g/mol. The molecule has 0 unspecified atom stereocenters. The molecule has 0 atom stereocenters. The Bertz CT molecular complexity index is 562. The summed E-state index contributed by atoms with van der Waals surface area (Å²) in [7, 11) is -4.19. The Labute approximate surface area is 167 Å². The molecule has 0 saturated carbocycles. The van der Waals surface area contributed by atoms with Crippen molar-refractivity contribution in [2.45, 2.75) is 109 Å². The maximum atomic E-state index is 11.9. The first-order valence-corrected chi connectivity index (χ1v) is 12.6. The average Bonchev–Trinajstić information content (AvgIpc) is 2.62. The van der Waals surface area contributed by atoms with Gasteiger partial charge in [0.25, 0.3) is 0 Å². The van der Waals surface area contributed by atoms with Gasteiger partial charge in [-0.3, -0.25) is 4.57 Å². The molecule has 3 nitrogen and oxygen atoms in total. The van der Waals surface area contributed by atoms with Crippen LogP contribution in [0.25, 0.3) is 0 Å². The molecule has 27 heavy (non-hydrogen) atoms. The van der Waals surface area contributed by atoms with Crippen LogP contribution in [-0.4, -0.2) is 9.79 Å². The summed E-state index contributed by atoms with van der Waals surface area (Å²) in [5, 5.41) is -1.12. The molecule has 0 spiro atoms. The number of aryl methyl sites for hydroxylation is 1. The molecule has 0 aliphatic carbocycles. The normalized spacial score (nSPS) is 12.5. The Hall–Kier alpha value is -0.630. The molecule has 0 amide bonds. The molecule has 0 aromatic heterocycles. The van der Waals surface area contributed by atoms with Crippen molar-refractivity contribution < 1.29 is 14.4 Å². The Morgan fingerprint density at radius 2 is 1.22 bits per heavy atom. The molecular weight excluding hydrogens is 355 g/mol. The summed E-state index contributed by atoms with van der Waals surface area (Å²) in [6, 6.07) is 7.73. The maximum absolute atomic E-state index is 11.9. The number of rotatable bonds is 15. The molecule has 0 saturated heterocycles. The van der Waals surface area contributed by atoms with Crippen molar-refractivity contribution in [1.29, 1.82) is 0 Å². The van der Waals surface area contributed by atoms with Crippen LogP contribution in [0.4, 0.5) is 0 Å². The van der Waals surface area contributed by atoms with Crippen LogP contribution in [0.3, 0.4) is 0 Å². The maximum Gasteiger partial charge on any atom is 0.335 e. The van der Waals surface area contributed by atoms with Crippen LogP contribution < -0.4 is 0 Å². The van der Waals surface area contributed by atoms with Gasteiger partial charge in [0.15, 0.2) is 0 Å².